The summed E-state index contributed by atoms with van der Waals surface area (Å²) in [4.78, 5) is 28.3. The Labute approximate surface area is 250 Å². The quantitative estimate of drug-likeness (QED) is 0.323. The maximum absolute atomic E-state index is 15.6. The van der Waals surface area contributed by atoms with Crippen LogP contribution in [0, 0.1) is 19.7 Å². The SMILES string of the molecule is COc1cc(Cl)ccc1C(=O)N1CCc2c1cc(C)c(C(OC(C)(C)C)C(=O)O)c2-c1cc(F)c2c(c1C)CCCO2. The second-order valence-corrected chi connectivity index (χ2v) is 12.2. The van der Waals surface area contributed by atoms with Crippen molar-refractivity contribution in [1.82, 2.24) is 0 Å². The minimum atomic E-state index is -1.32. The van der Waals surface area contributed by atoms with Gasteiger partial charge in [-0.25, -0.2) is 9.18 Å². The standard InChI is InChI=1S/C33H35ClFNO6/c1-17-14-25-21(11-12-36(25)31(37)22-10-9-19(34)15-26(22)40-6)28(27(17)30(32(38)39)42-33(3,4)5)23-16-24(35)29-20(18(23)2)8-7-13-41-29/h9-10,14-16,30H,7-8,11-13H2,1-6H3,(H,38,39). The van der Waals surface area contributed by atoms with Crippen LogP contribution in [0.1, 0.15) is 71.5 Å². The average molecular weight is 596 g/mol. The van der Waals surface area contributed by atoms with Crippen LogP contribution >= 0.6 is 11.6 Å². The van der Waals surface area contributed by atoms with Gasteiger partial charge in [0.25, 0.3) is 5.91 Å². The number of hydrogen-bond donors (Lipinski definition) is 1. The van der Waals surface area contributed by atoms with Gasteiger partial charge in [0.2, 0.25) is 0 Å². The number of benzene rings is 3. The van der Waals surface area contributed by atoms with Crippen LogP contribution < -0.4 is 14.4 Å². The number of nitrogens with zero attached hydrogens (tertiary/aromatic N) is 1. The van der Waals surface area contributed by atoms with Crippen molar-refractivity contribution < 1.29 is 33.3 Å². The summed E-state index contributed by atoms with van der Waals surface area (Å²) in [5.74, 6) is -1.31. The zero-order chi connectivity index (χ0) is 30.5. The number of halogens is 2. The van der Waals surface area contributed by atoms with Crippen LogP contribution in [0.4, 0.5) is 10.1 Å². The van der Waals surface area contributed by atoms with Gasteiger partial charge >= 0.3 is 5.97 Å². The number of methoxy groups -OCH3 is 1. The number of aryl methyl sites for hydroxylation is 1. The highest BCUT2D eigenvalue weighted by molar-refractivity contribution is 6.31. The summed E-state index contributed by atoms with van der Waals surface area (Å²) in [5.41, 5.74) is 4.82. The molecule has 3 aromatic rings. The number of aliphatic carboxylic acids is 1. The fraction of sp³-hybridized carbons (Fsp3) is 0.394. The van der Waals surface area contributed by atoms with Crippen molar-refractivity contribution >= 4 is 29.2 Å². The van der Waals surface area contributed by atoms with E-state index in [9.17, 15) is 14.7 Å². The minimum absolute atomic E-state index is 0.251. The fourth-order valence-electron chi connectivity index (χ4n) is 6.04. The number of carbonyl (C=O) groups excluding carboxylic acids is 1. The topological polar surface area (TPSA) is 85.3 Å². The second-order valence-electron chi connectivity index (χ2n) is 11.8. The Bertz CT molecular complexity index is 1590. The lowest BCUT2D eigenvalue weighted by Gasteiger charge is -2.30. The molecule has 0 aliphatic carbocycles. The van der Waals surface area contributed by atoms with Gasteiger partial charge in [-0.2, -0.15) is 0 Å². The Balaban J connectivity index is 1.77. The van der Waals surface area contributed by atoms with Gasteiger partial charge in [0.15, 0.2) is 17.7 Å². The van der Waals surface area contributed by atoms with Gasteiger partial charge in [-0.05, 0) is 112 Å². The highest BCUT2D eigenvalue weighted by Crippen LogP contribution is 2.48. The molecule has 1 amide bonds. The lowest BCUT2D eigenvalue weighted by molar-refractivity contribution is -0.160. The Kier molecular flexibility index (Phi) is 7.98. The predicted octanol–water partition coefficient (Wildman–Crippen LogP) is 7.24. The van der Waals surface area contributed by atoms with Crippen molar-refractivity contribution in [2.75, 3.05) is 25.2 Å². The van der Waals surface area contributed by atoms with E-state index in [0.717, 1.165) is 23.1 Å². The molecular weight excluding hydrogens is 561 g/mol. The summed E-state index contributed by atoms with van der Waals surface area (Å²) in [6.45, 7) is 9.91. The number of carbonyl (C=O) groups is 2. The third-order valence-corrected chi connectivity index (χ3v) is 8.07. The summed E-state index contributed by atoms with van der Waals surface area (Å²) in [6, 6.07) is 8.12. The van der Waals surface area contributed by atoms with Crippen molar-refractivity contribution in [2.24, 2.45) is 0 Å². The lowest BCUT2D eigenvalue weighted by atomic mass is 9.83. The molecule has 2 aliphatic heterocycles. The van der Waals surface area contributed by atoms with E-state index in [1.54, 1.807) is 50.8 Å². The molecule has 1 N–H and O–H groups in total. The second kappa shape index (κ2) is 11.2. The van der Waals surface area contributed by atoms with Gasteiger partial charge < -0.3 is 24.2 Å². The van der Waals surface area contributed by atoms with Crippen LogP contribution in [0.3, 0.4) is 0 Å². The van der Waals surface area contributed by atoms with E-state index >= 15 is 4.39 Å². The number of anilines is 1. The lowest BCUT2D eigenvalue weighted by Crippen LogP contribution is -2.30. The number of fused-ring (bicyclic) bond motifs is 2. The van der Waals surface area contributed by atoms with Crippen LogP contribution in [0.15, 0.2) is 30.3 Å². The summed E-state index contributed by atoms with van der Waals surface area (Å²) < 4.78 is 32.9. The fourth-order valence-corrected chi connectivity index (χ4v) is 6.21. The number of rotatable bonds is 6. The van der Waals surface area contributed by atoms with Crippen molar-refractivity contribution in [3.8, 4) is 22.6 Å². The Morgan fingerprint density at radius 3 is 2.52 bits per heavy atom. The molecule has 5 rings (SSSR count). The molecule has 0 radical (unpaired) electrons. The number of carboxylic acid groups (broad SMARTS) is 1. The molecule has 222 valence electrons. The van der Waals surface area contributed by atoms with Crippen LogP contribution in [0.2, 0.25) is 5.02 Å². The molecule has 0 bridgehead atoms. The van der Waals surface area contributed by atoms with Gasteiger partial charge in [0.1, 0.15) is 5.75 Å². The Hall–Kier alpha value is -3.62. The first-order valence-electron chi connectivity index (χ1n) is 14.0. The molecule has 0 fully saturated rings. The molecule has 0 saturated carbocycles. The van der Waals surface area contributed by atoms with Gasteiger partial charge in [-0.3, -0.25) is 4.79 Å². The smallest absolute Gasteiger partial charge is 0.337 e. The summed E-state index contributed by atoms with van der Waals surface area (Å²) in [5, 5.41) is 10.9. The minimum Gasteiger partial charge on any atom is -0.496 e. The molecule has 7 nitrogen and oxygen atoms in total. The number of hydrogen-bond acceptors (Lipinski definition) is 5. The molecule has 0 aromatic heterocycles. The number of carboxylic acids is 1. The maximum Gasteiger partial charge on any atom is 0.337 e. The molecular formula is C33H35ClFNO6. The third-order valence-electron chi connectivity index (χ3n) is 7.84. The average Bonchev–Trinajstić information content (AvgIpc) is 3.35. The summed E-state index contributed by atoms with van der Waals surface area (Å²) >= 11 is 6.14. The molecule has 2 heterocycles. The first-order chi connectivity index (χ1) is 19.8. The molecule has 0 spiro atoms. The molecule has 0 saturated heterocycles. The molecule has 3 aromatic carbocycles. The third kappa shape index (κ3) is 5.34. The summed E-state index contributed by atoms with van der Waals surface area (Å²) in [6.07, 6.45) is 0.528. The van der Waals surface area contributed by atoms with E-state index in [2.05, 4.69) is 0 Å². The van der Waals surface area contributed by atoms with Crippen LogP contribution in [0.5, 0.6) is 11.5 Å². The van der Waals surface area contributed by atoms with Crippen LogP contribution in [-0.2, 0) is 22.4 Å². The highest BCUT2D eigenvalue weighted by Gasteiger charge is 2.37. The van der Waals surface area contributed by atoms with E-state index < -0.39 is 23.5 Å². The molecule has 9 heteroatoms. The first-order valence-corrected chi connectivity index (χ1v) is 14.4. The van der Waals surface area contributed by atoms with E-state index in [1.807, 2.05) is 13.0 Å². The van der Waals surface area contributed by atoms with Gasteiger partial charge in [-0.15, -0.1) is 0 Å². The van der Waals surface area contributed by atoms with E-state index in [4.69, 9.17) is 25.8 Å². The normalized spacial score (nSPS) is 15.1. The molecule has 1 atom stereocenters. The monoisotopic (exact) mass is 595 g/mol. The predicted molar refractivity (Wildman–Crippen MR) is 160 cm³/mol. The Morgan fingerprint density at radius 2 is 1.86 bits per heavy atom. The van der Waals surface area contributed by atoms with Gasteiger partial charge in [-0.1, -0.05) is 11.6 Å². The first kappa shape index (κ1) is 29.9. The Morgan fingerprint density at radius 1 is 1.12 bits per heavy atom. The van der Waals surface area contributed by atoms with E-state index in [0.29, 0.717) is 70.3 Å². The van der Waals surface area contributed by atoms with Crippen molar-refractivity contribution in [3.63, 3.8) is 0 Å². The molecule has 42 heavy (non-hydrogen) atoms. The van der Waals surface area contributed by atoms with Crippen molar-refractivity contribution in [2.45, 2.75) is 65.6 Å². The van der Waals surface area contributed by atoms with Gasteiger partial charge in [0.05, 0.1) is 24.9 Å². The van der Waals surface area contributed by atoms with Crippen LogP contribution in [0.25, 0.3) is 11.1 Å². The maximum atomic E-state index is 15.6. The van der Waals surface area contributed by atoms with Gasteiger partial charge in [0, 0.05) is 28.4 Å². The zero-order valence-electron chi connectivity index (χ0n) is 24.7. The highest BCUT2D eigenvalue weighted by atomic mass is 35.5. The van der Waals surface area contributed by atoms with Crippen molar-refractivity contribution in [1.29, 1.82) is 0 Å². The number of ether oxygens (including phenoxy) is 3. The van der Waals surface area contributed by atoms with E-state index in [-0.39, 0.29) is 11.7 Å². The molecule has 1 unspecified atom stereocenters. The van der Waals surface area contributed by atoms with Crippen molar-refractivity contribution in [3.05, 3.63) is 74.6 Å². The van der Waals surface area contributed by atoms with Crippen LogP contribution in [-0.4, -0.2) is 42.8 Å². The summed E-state index contributed by atoms with van der Waals surface area (Å²) in [7, 11) is 1.48. The van der Waals surface area contributed by atoms with E-state index in [1.165, 1.54) is 13.2 Å². The number of amides is 1. The molecule has 2 aliphatic rings. The largest absolute Gasteiger partial charge is 0.496 e. The zero-order valence-corrected chi connectivity index (χ0v) is 25.4.